The molecule has 2 N–H and O–H groups in total. The molecule has 0 heterocycles. The molecular formula is C14H21NO3. The van der Waals surface area contributed by atoms with Crippen molar-refractivity contribution in [3.8, 4) is 0 Å². The van der Waals surface area contributed by atoms with Crippen LogP contribution in [0.4, 0.5) is 0 Å². The van der Waals surface area contributed by atoms with Crippen molar-refractivity contribution in [2.45, 2.75) is 45.1 Å². The molecule has 4 heteroatoms. The van der Waals surface area contributed by atoms with E-state index in [0.29, 0.717) is 11.8 Å². The Balaban J connectivity index is 1.59. The quantitative estimate of drug-likeness (QED) is 0.798. The van der Waals surface area contributed by atoms with Gasteiger partial charge in [-0.05, 0) is 56.8 Å². The van der Waals surface area contributed by atoms with Crippen LogP contribution in [0.15, 0.2) is 0 Å². The summed E-state index contributed by atoms with van der Waals surface area (Å²) in [4.78, 5) is 23.0. The maximum absolute atomic E-state index is 12.2. The van der Waals surface area contributed by atoms with Gasteiger partial charge in [0.25, 0.3) is 0 Å². The lowest BCUT2D eigenvalue weighted by Gasteiger charge is -2.25. The SMILES string of the molecule is CC(C)(CC(=O)O)NC(=O)C1C2C3CCC(C3)C12. The van der Waals surface area contributed by atoms with Crippen LogP contribution < -0.4 is 5.32 Å². The van der Waals surface area contributed by atoms with Crippen molar-refractivity contribution in [3.63, 3.8) is 0 Å². The number of nitrogens with one attached hydrogen (secondary N) is 1. The summed E-state index contributed by atoms with van der Waals surface area (Å²) in [6.07, 6.45) is 3.91. The summed E-state index contributed by atoms with van der Waals surface area (Å²) in [6, 6.07) is 0. The number of carboxylic acid groups (broad SMARTS) is 1. The predicted molar refractivity (Wildman–Crippen MR) is 65.8 cm³/mol. The Morgan fingerprint density at radius 2 is 1.78 bits per heavy atom. The highest BCUT2D eigenvalue weighted by Gasteiger charge is 2.67. The van der Waals surface area contributed by atoms with E-state index < -0.39 is 11.5 Å². The molecule has 0 aromatic carbocycles. The molecule has 0 aromatic rings. The van der Waals surface area contributed by atoms with Crippen molar-refractivity contribution in [3.05, 3.63) is 0 Å². The Morgan fingerprint density at radius 1 is 1.22 bits per heavy atom. The van der Waals surface area contributed by atoms with Crippen LogP contribution in [-0.4, -0.2) is 22.5 Å². The fraction of sp³-hybridized carbons (Fsp3) is 0.857. The van der Waals surface area contributed by atoms with Gasteiger partial charge in [-0.1, -0.05) is 0 Å². The van der Waals surface area contributed by atoms with Crippen molar-refractivity contribution >= 4 is 11.9 Å². The molecule has 1 amide bonds. The third kappa shape index (κ3) is 1.82. The van der Waals surface area contributed by atoms with Gasteiger partial charge in [0.1, 0.15) is 0 Å². The summed E-state index contributed by atoms with van der Waals surface area (Å²) < 4.78 is 0. The maximum Gasteiger partial charge on any atom is 0.305 e. The number of rotatable bonds is 4. The van der Waals surface area contributed by atoms with Crippen LogP contribution in [0.3, 0.4) is 0 Å². The third-order valence-corrected chi connectivity index (χ3v) is 5.09. The van der Waals surface area contributed by atoms with Gasteiger partial charge in [0.15, 0.2) is 0 Å². The number of hydrogen-bond acceptors (Lipinski definition) is 2. The Kier molecular flexibility index (Phi) is 2.48. The van der Waals surface area contributed by atoms with Crippen molar-refractivity contribution < 1.29 is 14.7 Å². The van der Waals surface area contributed by atoms with Gasteiger partial charge in [0.05, 0.1) is 6.42 Å². The largest absolute Gasteiger partial charge is 0.481 e. The van der Waals surface area contributed by atoms with Gasteiger partial charge in [-0.2, -0.15) is 0 Å². The number of fused-ring (bicyclic) bond motifs is 5. The summed E-state index contributed by atoms with van der Waals surface area (Å²) in [5.74, 6) is 2.19. The third-order valence-electron chi connectivity index (χ3n) is 5.09. The molecule has 0 radical (unpaired) electrons. The van der Waals surface area contributed by atoms with Crippen LogP contribution in [0.25, 0.3) is 0 Å². The van der Waals surface area contributed by atoms with E-state index in [0.717, 1.165) is 11.8 Å². The van der Waals surface area contributed by atoms with E-state index >= 15 is 0 Å². The Hall–Kier alpha value is -1.06. The highest BCUT2D eigenvalue weighted by atomic mass is 16.4. The summed E-state index contributed by atoms with van der Waals surface area (Å²) in [6.45, 7) is 3.57. The Bertz CT molecular complexity index is 388. The first-order valence-corrected chi connectivity index (χ1v) is 6.93. The predicted octanol–water partition coefficient (Wildman–Crippen LogP) is 1.65. The molecule has 0 aromatic heterocycles. The molecule has 2 bridgehead atoms. The fourth-order valence-electron chi connectivity index (χ4n) is 4.51. The summed E-state index contributed by atoms with van der Waals surface area (Å²) in [5, 5.41) is 11.7. The molecule has 3 saturated carbocycles. The summed E-state index contributed by atoms with van der Waals surface area (Å²) in [5.41, 5.74) is -0.640. The first-order valence-electron chi connectivity index (χ1n) is 6.93. The Labute approximate surface area is 107 Å². The molecule has 0 aliphatic heterocycles. The first-order chi connectivity index (χ1) is 8.39. The van der Waals surface area contributed by atoms with E-state index in [-0.39, 0.29) is 18.2 Å². The smallest absolute Gasteiger partial charge is 0.305 e. The second-order valence-electron chi connectivity index (χ2n) is 6.96. The number of carbonyl (C=O) groups is 2. The zero-order valence-electron chi connectivity index (χ0n) is 11.0. The van der Waals surface area contributed by atoms with Gasteiger partial charge in [0.2, 0.25) is 5.91 Å². The number of carbonyl (C=O) groups excluding carboxylic acids is 1. The van der Waals surface area contributed by atoms with Crippen LogP contribution >= 0.6 is 0 Å². The zero-order chi connectivity index (χ0) is 13.1. The maximum atomic E-state index is 12.2. The van der Waals surface area contributed by atoms with E-state index in [9.17, 15) is 9.59 Å². The van der Waals surface area contributed by atoms with Crippen molar-refractivity contribution in [1.29, 1.82) is 0 Å². The monoisotopic (exact) mass is 251 g/mol. The summed E-state index contributed by atoms with van der Waals surface area (Å²) in [7, 11) is 0. The van der Waals surface area contributed by atoms with Gasteiger partial charge in [0, 0.05) is 11.5 Å². The molecule has 3 aliphatic rings. The van der Waals surface area contributed by atoms with Crippen molar-refractivity contribution in [1.82, 2.24) is 5.32 Å². The molecule has 3 aliphatic carbocycles. The topological polar surface area (TPSA) is 66.4 Å². The van der Waals surface area contributed by atoms with E-state index in [1.807, 2.05) is 0 Å². The van der Waals surface area contributed by atoms with Gasteiger partial charge in [-0.25, -0.2) is 0 Å². The number of aliphatic carboxylic acids is 1. The average molecular weight is 251 g/mol. The normalized spacial score (nSPS) is 40.4. The van der Waals surface area contributed by atoms with Crippen molar-refractivity contribution in [2.24, 2.45) is 29.6 Å². The highest BCUT2D eigenvalue weighted by molar-refractivity contribution is 5.84. The summed E-state index contributed by atoms with van der Waals surface area (Å²) >= 11 is 0. The van der Waals surface area contributed by atoms with Crippen LogP contribution in [-0.2, 0) is 9.59 Å². The minimum Gasteiger partial charge on any atom is -0.481 e. The molecule has 3 rings (SSSR count). The molecular weight excluding hydrogens is 230 g/mol. The van der Waals surface area contributed by atoms with Gasteiger partial charge >= 0.3 is 5.97 Å². The van der Waals surface area contributed by atoms with E-state index in [1.165, 1.54) is 19.3 Å². The molecule has 0 saturated heterocycles. The van der Waals surface area contributed by atoms with Gasteiger partial charge < -0.3 is 10.4 Å². The molecule has 4 atom stereocenters. The molecule has 4 unspecified atom stereocenters. The van der Waals surface area contributed by atoms with Gasteiger partial charge in [-0.15, -0.1) is 0 Å². The lowest BCUT2D eigenvalue weighted by Crippen LogP contribution is -2.46. The molecule has 18 heavy (non-hydrogen) atoms. The second kappa shape index (κ2) is 3.72. The van der Waals surface area contributed by atoms with Gasteiger partial charge in [-0.3, -0.25) is 9.59 Å². The number of hydrogen-bond donors (Lipinski definition) is 2. The average Bonchev–Trinajstić information content (AvgIpc) is 2.66. The van der Waals surface area contributed by atoms with E-state index in [2.05, 4.69) is 5.32 Å². The molecule has 3 fully saturated rings. The number of carboxylic acids is 1. The number of amides is 1. The zero-order valence-corrected chi connectivity index (χ0v) is 11.0. The van der Waals surface area contributed by atoms with Crippen LogP contribution in [0.2, 0.25) is 0 Å². The Morgan fingerprint density at radius 3 is 2.28 bits per heavy atom. The van der Waals surface area contributed by atoms with E-state index in [1.54, 1.807) is 13.8 Å². The standard InChI is InChI=1S/C14H21NO3/c1-14(2,6-9(16)17)15-13(18)12-10-7-3-4-8(5-7)11(10)12/h7-8,10-12H,3-6H2,1-2H3,(H,15,18)(H,16,17). The van der Waals surface area contributed by atoms with Crippen LogP contribution in [0.1, 0.15) is 39.5 Å². The minimum atomic E-state index is -0.864. The minimum absolute atomic E-state index is 0.0202. The lowest BCUT2D eigenvalue weighted by molar-refractivity contribution is -0.138. The first kappa shape index (κ1) is 12.0. The van der Waals surface area contributed by atoms with Crippen molar-refractivity contribution in [2.75, 3.05) is 0 Å². The second-order valence-corrected chi connectivity index (χ2v) is 6.96. The van der Waals surface area contributed by atoms with Crippen LogP contribution in [0.5, 0.6) is 0 Å². The lowest BCUT2D eigenvalue weighted by atomic mass is 9.98. The molecule has 4 nitrogen and oxygen atoms in total. The fourth-order valence-corrected chi connectivity index (χ4v) is 4.51. The molecule has 100 valence electrons. The molecule has 0 spiro atoms. The highest BCUT2D eigenvalue weighted by Crippen LogP contribution is 2.69. The van der Waals surface area contributed by atoms with E-state index in [4.69, 9.17) is 5.11 Å². The van der Waals surface area contributed by atoms with Crippen LogP contribution in [0, 0.1) is 29.6 Å².